The summed E-state index contributed by atoms with van der Waals surface area (Å²) in [6, 6.07) is 1.99. The molecule has 1 amide bonds. The molecule has 0 saturated carbocycles. The summed E-state index contributed by atoms with van der Waals surface area (Å²) in [7, 11) is 1.62. The summed E-state index contributed by atoms with van der Waals surface area (Å²) in [5, 5.41) is 8.73. The molecule has 0 radical (unpaired) electrons. The highest BCUT2D eigenvalue weighted by Gasteiger charge is 2.18. The maximum atomic E-state index is 12.1. The second kappa shape index (κ2) is 6.31. The van der Waals surface area contributed by atoms with Gasteiger partial charge in [0.2, 0.25) is 0 Å². The van der Waals surface area contributed by atoms with Crippen molar-refractivity contribution in [2.24, 2.45) is 0 Å². The standard InChI is InChI=1S/C12H15ClN4O/c1-8(2)11-15-7-9(13)10(16-11)12(18)17(3)6-4-5-14/h7-8H,4,6H2,1-3H3. The van der Waals surface area contributed by atoms with Gasteiger partial charge in [0, 0.05) is 19.5 Å². The summed E-state index contributed by atoms with van der Waals surface area (Å²) < 4.78 is 0. The monoisotopic (exact) mass is 266 g/mol. The summed E-state index contributed by atoms with van der Waals surface area (Å²) in [5.74, 6) is 0.411. The Morgan fingerprint density at radius 2 is 2.28 bits per heavy atom. The average molecular weight is 267 g/mol. The van der Waals surface area contributed by atoms with E-state index in [0.717, 1.165) is 0 Å². The van der Waals surface area contributed by atoms with Gasteiger partial charge in [-0.3, -0.25) is 4.79 Å². The molecule has 0 aromatic carbocycles. The Labute approximate surface area is 111 Å². The summed E-state index contributed by atoms with van der Waals surface area (Å²) >= 11 is 5.94. The van der Waals surface area contributed by atoms with Crippen molar-refractivity contribution in [3.63, 3.8) is 0 Å². The summed E-state index contributed by atoms with van der Waals surface area (Å²) in [6.07, 6.45) is 1.72. The molecule has 6 heteroatoms. The van der Waals surface area contributed by atoms with Crippen LogP contribution in [-0.2, 0) is 0 Å². The first kappa shape index (κ1) is 14.4. The lowest BCUT2D eigenvalue weighted by molar-refractivity contribution is 0.0792. The largest absolute Gasteiger partial charge is 0.339 e. The van der Waals surface area contributed by atoms with E-state index in [1.807, 2.05) is 19.9 Å². The predicted octanol–water partition coefficient (Wildman–Crippen LogP) is 2.24. The van der Waals surface area contributed by atoms with Gasteiger partial charge in [-0.25, -0.2) is 9.97 Å². The minimum Gasteiger partial charge on any atom is -0.339 e. The van der Waals surface area contributed by atoms with Crippen molar-refractivity contribution >= 4 is 17.5 Å². The molecule has 1 aromatic heterocycles. The van der Waals surface area contributed by atoms with E-state index >= 15 is 0 Å². The molecule has 0 bridgehead atoms. The van der Waals surface area contributed by atoms with Crippen molar-refractivity contribution < 1.29 is 4.79 Å². The van der Waals surface area contributed by atoms with Gasteiger partial charge in [-0.15, -0.1) is 0 Å². The van der Waals surface area contributed by atoms with Gasteiger partial charge < -0.3 is 4.90 Å². The first-order chi connectivity index (χ1) is 8.47. The Morgan fingerprint density at radius 1 is 1.61 bits per heavy atom. The Balaban J connectivity index is 2.98. The zero-order chi connectivity index (χ0) is 13.7. The van der Waals surface area contributed by atoms with Crippen molar-refractivity contribution in [1.82, 2.24) is 14.9 Å². The highest BCUT2D eigenvalue weighted by Crippen LogP contribution is 2.17. The third kappa shape index (κ3) is 3.41. The Kier molecular flexibility index (Phi) is 5.05. The maximum Gasteiger partial charge on any atom is 0.273 e. The molecule has 5 nitrogen and oxygen atoms in total. The van der Waals surface area contributed by atoms with E-state index in [4.69, 9.17) is 16.9 Å². The molecule has 1 heterocycles. The first-order valence-corrected chi connectivity index (χ1v) is 6.00. The van der Waals surface area contributed by atoms with Gasteiger partial charge in [0.1, 0.15) is 5.82 Å². The van der Waals surface area contributed by atoms with Crippen LogP contribution in [-0.4, -0.2) is 34.4 Å². The smallest absolute Gasteiger partial charge is 0.273 e. The quantitative estimate of drug-likeness (QED) is 0.838. The van der Waals surface area contributed by atoms with Gasteiger partial charge in [0.15, 0.2) is 5.69 Å². The second-order valence-corrected chi connectivity index (χ2v) is 4.62. The van der Waals surface area contributed by atoms with Crippen molar-refractivity contribution in [2.75, 3.05) is 13.6 Å². The summed E-state index contributed by atoms with van der Waals surface area (Å²) in [4.78, 5) is 21.8. The number of nitrogens with zero attached hydrogens (tertiary/aromatic N) is 4. The lowest BCUT2D eigenvalue weighted by atomic mass is 10.2. The lowest BCUT2D eigenvalue weighted by Gasteiger charge is -2.16. The van der Waals surface area contributed by atoms with Gasteiger partial charge in [0.25, 0.3) is 5.91 Å². The van der Waals surface area contributed by atoms with Crippen molar-refractivity contribution in [2.45, 2.75) is 26.2 Å². The van der Waals surface area contributed by atoms with E-state index in [0.29, 0.717) is 12.4 Å². The van der Waals surface area contributed by atoms with E-state index in [9.17, 15) is 4.79 Å². The van der Waals surface area contributed by atoms with E-state index in [-0.39, 0.29) is 29.0 Å². The fourth-order valence-electron chi connectivity index (χ4n) is 1.31. The van der Waals surface area contributed by atoms with E-state index in [1.54, 1.807) is 7.05 Å². The molecular formula is C12H15ClN4O. The first-order valence-electron chi connectivity index (χ1n) is 5.62. The number of halogens is 1. The molecule has 96 valence electrons. The Morgan fingerprint density at radius 3 is 2.83 bits per heavy atom. The van der Waals surface area contributed by atoms with Crippen LogP contribution in [0.5, 0.6) is 0 Å². The van der Waals surface area contributed by atoms with Crippen molar-refractivity contribution in [3.8, 4) is 6.07 Å². The molecule has 0 aliphatic heterocycles. The van der Waals surface area contributed by atoms with E-state index in [2.05, 4.69) is 9.97 Å². The lowest BCUT2D eigenvalue weighted by Crippen LogP contribution is -2.29. The van der Waals surface area contributed by atoms with Crippen LogP contribution in [0.25, 0.3) is 0 Å². The highest BCUT2D eigenvalue weighted by atomic mass is 35.5. The average Bonchev–Trinajstić information content (AvgIpc) is 2.35. The van der Waals surface area contributed by atoms with E-state index < -0.39 is 0 Å². The van der Waals surface area contributed by atoms with Gasteiger partial charge in [-0.05, 0) is 0 Å². The molecule has 0 fully saturated rings. The summed E-state index contributed by atoms with van der Waals surface area (Å²) in [6.45, 7) is 4.24. The third-order valence-electron chi connectivity index (χ3n) is 2.39. The SMILES string of the molecule is CC(C)c1ncc(Cl)c(C(=O)N(C)CCC#N)n1. The molecule has 1 aromatic rings. The zero-order valence-corrected chi connectivity index (χ0v) is 11.4. The number of carbonyl (C=O) groups is 1. The minimum atomic E-state index is -0.292. The molecule has 0 unspecified atom stereocenters. The number of carbonyl (C=O) groups excluding carboxylic acids is 1. The molecule has 0 aliphatic carbocycles. The molecule has 0 saturated heterocycles. The van der Waals surface area contributed by atoms with Gasteiger partial charge >= 0.3 is 0 Å². The van der Waals surface area contributed by atoms with Crippen molar-refractivity contribution in [1.29, 1.82) is 5.26 Å². The molecule has 0 aliphatic rings. The molecule has 0 N–H and O–H groups in total. The number of rotatable bonds is 4. The zero-order valence-electron chi connectivity index (χ0n) is 10.6. The number of hydrogen-bond donors (Lipinski definition) is 0. The number of hydrogen-bond acceptors (Lipinski definition) is 4. The number of nitriles is 1. The van der Waals surface area contributed by atoms with Crippen LogP contribution in [0.4, 0.5) is 0 Å². The van der Waals surface area contributed by atoms with Crippen LogP contribution in [0, 0.1) is 11.3 Å². The molecule has 0 spiro atoms. The van der Waals surface area contributed by atoms with Gasteiger partial charge in [-0.1, -0.05) is 25.4 Å². The van der Waals surface area contributed by atoms with Crippen LogP contribution in [0.2, 0.25) is 5.02 Å². The fraction of sp³-hybridized carbons (Fsp3) is 0.500. The number of aromatic nitrogens is 2. The highest BCUT2D eigenvalue weighted by molar-refractivity contribution is 6.33. The Hall–Kier alpha value is -1.67. The normalized spacial score (nSPS) is 10.2. The molecular weight excluding hydrogens is 252 g/mol. The molecule has 1 rings (SSSR count). The van der Waals surface area contributed by atoms with Crippen LogP contribution in [0.1, 0.15) is 42.5 Å². The van der Waals surface area contributed by atoms with Crippen LogP contribution < -0.4 is 0 Å². The van der Waals surface area contributed by atoms with Crippen molar-refractivity contribution in [3.05, 3.63) is 22.7 Å². The van der Waals surface area contributed by atoms with E-state index in [1.165, 1.54) is 11.1 Å². The summed E-state index contributed by atoms with van der Waals surface area (Å²) in [5.41, 5.74) is 0.191. The Bertz CT molecular complexity index is 481. The van der Waals surface area contributed by atoms with Gasteiger partial charge in [-0.2, -0.15) is 5.26 Å². The van der Waals surface area contributed by atoms with Gasteiger partial charge in [0.05, 0.1) is 23.7 Å². The third-order valence-corrected chi connectivity index (χ3v) is 2.66. The van der Waals surface area contributed by atoms with Crippen LogP contribution in [0.3, 0.4) is 0 Å². The fourth-order valence-corrected chi connectivity index (χ4v) is 1.48. The van der Waals surface area contributed by atoms with Crippen LogP contribution >= 0.6 is 11.6 Å². The molecule has 18 heavy (non-hydrogen) atoms. The maximum absolute atomic E-state index is 12.1. The topological polar surface area (TPSA) is 69.9 Å². The minimum absolute atomic E-state index is 0.123. The second-order valence-electron chi connectivity index (χ2n) is 4.21. The van der Waals surface area contributed by atoms with Crippen LogP contribution in [0.15, 0.2) is 6.20 Å². The number of amides is 1. The molecule has 0 atom stereocenters. The predicted molar refractivity (Wildman–Crippen MR) is 68.3 cm³/mol.